The van der Waals surface area contributed by atoms with Gasteiger partial charge in [0.05, 0.1) is 5.92 Å². The number of hydrogen-bond donors (Lipinski definition) is 1. The number of aromatic nitrogens is 2. The van der Waals surface area contributed by atoms with Crippen molar-refractivity contribution >= 4 is 0 Å². The summed E-state index contributed by atoms with van der Waals surface area (Å²) in [5.74, 6) is 2.55. The maximum absolute atomic E-state index is 6.22. The Kier molecular flexibility index (Phi) is 3.14. The Morgan fingerprint density at radius 2 is 1.82 bits per heavy atom. The smallest absolute Gasteiger partial charge is 0.231 e. The third kappa shape index (κ3) is 2.23. The van der Waals surface area contributed by atoms with E-state index in [0.29, 0.717) is 11.8 Å². The first-order valence-electron chi connectivity index (χ1n) is 6.93. The van der Waals surface area contributed by atoms with Gasteiger partial charge >= 0.3 is 0 Å². The molecule has 0 radical (unpaired) electrons. The molecule has 0 aromatic carbocycles. The van der Waals surface area contributed by atoms with E-state index in [1.165, 1.54) is 38.5 Å². The Hall–Kier alpha value is -0.900. The van der Waals surface area contributed by atoms with E-state index >= 15 is 0 Å². The highest BCUT2D eigenvalue weighted by atomic mass is 16.5. The van der Waals surface area contributed by atoms with Gasteiger partial charge in [0.1, 0.15) is 0 Å². The Balaban J connectivity index is 1.74. The third-order valence-corrected chi connectivity index (χ3v) is 4.31. The van der Waals surface area contributed by atoms with Gasteiger partial charge in [-0.25, -0.2) is 0 Å². The van der Waals surface area contributed by atoms with Crippen molar-refractivity contribution in [3.8, 4) is 0 Å². The maximum atomic E-state index is 6.22. The molecule has 0 saturated heterocycles. The number of rotatable bonds is 2. The molecule has 2 N–H and O–H groups in total. The average molecular weight is 235 g/mol. The van der Waals surface area contributed by atoms with Crippen molar-refractivity contribution in [1.29, 1.82) is 0 Å². The molecule has 94 valence electrons. The Morgan fingerprint density at radius 3 is 2.59 bits per heavy atom. The predicted molar refractivity (Wildman–Crippen MR) is 64.7 cm³/mol. The van der Waals surface area contributed by atoms with Gasteiger partial charge in [0.2, 0.25) is 5.89 Å². The van der Waals surface area contributed by atoms with E-state index < -0.39 is 0 Å². The van der Waals surface area contributed by atoms with E-state index in [9.17, 15) is 0 Å². The Bertz CT molecular complexity index is 372. The van der Waals surface area contributed by atoms with E-state index in [1.54, 1.807) is 0 Å². The fraction of sp³-hybridized carbons (Fsp3) is 0.846. The molecular formula is C13H21N3O. The number of nitrogens with two attached hydrogens (primary N) is 1. The molecular weight excluding hydrogens is 214 g/mol. The zero-order chi connectivity index (χ0) is 11.7. The molecule has 2 aliphatic carbocycles. The van der Waals surface area contributed by atoms with E-state index in [2.05, 4.69) is 10.1 Å². The Labute approximate surface area is 102 Å². The second-order valence-electron chi connectivity index (χ2n) is 5.53. The molecule has 0 aliphatic heterocycles. The van der Waals surface area contributed by atoms with Gasteiger partial charge in [0.25, 0.3) is 0 Å². The van der Waals surface area contributed by atoms with Crippen LogP contribution in [-0.4, -0.2) is 16.2 Å². The zero-order valence-corrected chi connectivity index (χ0v) is 10.3. The second-order valence-corrected chi connectivity index (χ2v) is 5.53. The summed E-state index contributed by atoms with van der Waals surface area (Å²) in [6, 6.07) is 0.201. The van der Waals surface area contributed by atoms with Gasteiger partial charge in [0.15, 0.2) is 5.82 Å². The average Bonchev–Trinajstić information content (AvgIpc) is 2.59. The highest BCUT2D eigenvalue weighted by molar-refractivity contribution is 5.04. The van der Waals surface area contributed by atoms with E-state index in [-0.39, 0.29) is 6.04 Å². The minimum atomic E-state index is 0.201. The van der Waals surface area contributed by atoms with Gasteiger partial charge in [-0.3, -0.25) is 0 Å². The molecule has 4 heteroatoms. The summed E-state index contributed by atoms with van der Waals surface area (Å²) < 4.78 is 5.45. The van der Waals surface area contributed by atoms with Crippen LogP contribution in [0.15, 0.2) is 4.52 Å². The first kappa shape index (κ1) is 11.2. The standard InChI is InChI=1S/C13H21N3O/c14-11-8-3-1-2-7-10(11)13-15-12(16-17-13)9-5-4-6-9/h9-11H,1-8,14H2. The third-order valence-electron chi connectivity index (χ3n) is 4.31. The summed E-state index contributed by atoms with van der Waals surface area (Å²) in [6.45, 7) is 0. The molecule has 0 bridgehead atoms. The van der Waals surface area contributed by atoms with Crippen LogP contribution in [0.1, 0.15) is 74.9 Å². The van der Waals surface area contributed by atoms with Crippen LogP contribution < -0.4 is 5.73 Å². The highest BCUT2D eigenvalue weighted by Gasteiger charge is 2.30. The van der Waals surface area contributed by atoms with Crippen molar-refractivity contribution in [3.63, 3.8) is 0 Å². The van der Waals surface area contributed by atoms with Crippen molar-refractivity contribution in [2.45, 2.75) is 69.2 Å². The van der Waals surface area contributed by atoms with Crippen LogP contribution >= 0.6 is 0 Å². The first-order valence-corrected chi connectivity index (χ1v) is 6.93. The summed E-state index contributed by atoms with van der Waals surface area (Å²) in [4.78, 5) is 4.59. The van der Waals surface area contributed by atoms with Crippen LogP contribution in [0.4, 0.5) is 0 Å². The highest BCUT2D eigenvalue weighted by Crippen LogP contribution is 2.36. The SMILES string of the molecule is NC1CCCCCC1c1nc(C2CCC2)no1. The van der Waals surface area contributed by atoms with E-state index in [4.69, 9.17) is 10.3 Å². The lowest BCUT2D eigenvalue weighted by Gasteiger charge is -2.21. The van der Waals surface area contributed by atoms with Crippen molar-refractivity contribution in [1.82, 2.24) is 10.1 Å². The number of hydrogen-bond acceptors (Lipinski definition) is 4. The minimum absolute atomic E-state index is 0.201. The van der Waals surface area contributed by atoms with Crippen LogP contribution in [0.3, 0.4) is 0 Å². The van der Waals surface area contributed by atoms with Gasteiger partial charge in [-0.2, -0.15) is 4.98 Å². The van der Waals surface area contributed by atoms with Gasteiger partial charge in [-0.1, -0.05) is 30.8 Å². The lowest BCUT2D eigenvalue weighted by Crippen LogP contribution is -2.27. The first-order chi connectivity index (χ1) is 8.34. The minimum Gasteiger partial charge on any atom is -0.339 e. The molecule has 4 nitrogen and oxygen atoms in total. The molecule has 0 amide bonds. The summed E-state index contributed by atoms with van der Waals surface area (Å²) in [7, 11) is 0. The molecule has 0 spiro atoms. The van der Waals surface area contributed by atoms with Gasteiger partial charge < -0.3 is 10.3 Å². The van der Waals surface area contributed by atoms with Crippen molar-refractivity contribution in [2.75, 3.05) is 0 Å². The molecule has 2 unspecified atom stereocenters. The molecule has 2 aliphatic rings. The molecule has 3 rings (SSSR count). The van der Waals surface area contributed by atoms with Crippen molar-refractivity contribution in [2.24, 2.45) is 5.73 Å². The maximum Gasteiger partial charge on any atom is 0.231 e. The lowest BCUT2D eigenvalue weighted by atomic mass is 9.85. The summed E-state index contributed by atoms with van der Waals surface area (Å²) in [5, 5.41) is 4.14. The van der Waals surface area contributed by atoms with Gasteiger partial charge in [0, 0.05) is 12.0 Å². The predicted octanol–water partition coefficient (Wildman–Crippen LogP) is 2.71. The Morgan fingerprint density at radius 1 is 1.00 bits per heavy atom. The monoisotopic (exact) mass is 235 g/mol. The molecule has 1 heterocycles. The lowest BCUT2D eigenvalue weighted by molar-refractivity contribution is 0.315. The normalized spacial score (nSPS) is 30.9. The summed E-state index contributed by atoms with van der Waals surface area (Å²) in [5.41, 5.74) is 6.22. The molecule has 2 fully saturated rings. The summed E-state index contributed by atoms with van der Waals surface area (Å²) >= 11 is 0. The molecule has 1 aromatic rings. The van der Waals surface area contributed by atoms with E-state index in [0.717, 1.165) is 24.6 Å². The second kappa shape index (κ2) is 4.77. The van der Waals surface area contributed by atoms with Crippen molar-refractivity contribution in [3.05, 3.63) is 11.7 Å². The quantitative estimate of drug-likeness (QED) is 0.800. The molecule has 2 atom stereocenters. The molecule has 1 aromatic heterocycles. The van der Waals surface area contributed by atoms with Crippen molar-refractivity contribution < 1.29 is 4.52 Å². The topological polar surface area (TPSA) is 64.9 Å². The molecule has 17 heavy (non-hydrogen) atoms. The van der Waals surface area contributed by atoms with Crippen LogP contribution in [0.5, 0.6) is 0 Å². The van der Waals surface area contributed by atoms with Crippen LogP contribution in [0, 0.1) is 0 Å². The number of nitrogens with zero attached hydrogens (tertiary/aromatic N) is 2. The largest absolute Gasteiger partial charge is 0.339 e. The fourth-order valence-corrected chi connectivity index (χ4v) is 2.87. The van der Waals surface area contributed by atoms with Crippen LogP contribution in [0.25, 0.3) is 0 Å². The molecule has 2 saturated carbocycles. The van der Waals surface area contributed by atoms with Gasteiger partial charge in [-0.15, -0.1) is 0 Å². The van der Waals surface area contributed by atoms with Crippen LogP contribution in [0.2, 0.25) is 0 Å². The fourth-order valence-electron chi connectivity index (χ4n) is 2.87. The zero-order valence-electron chi connectivity index (χ0n) is 10.3. The van der Waals surface area contributed by atoms with E-state index in [1.807, 2.05) is 0 Å². The van der Waals surface area contributed by atoms with Crippen LogP contribution in [-0.2, 0) is 0 Å². The van der Waals surface area contributed by atoms with Gasteiger partial charge in [-0.05, 0) is 25.7 Å². The summed E-state index contributed by atoms with van der Waals surface area (Å²) in [6.07, 6.45) is 9.69.